The fourth-order valence-corrected chi connectivity index (χ4v) is 3.52. The van der Waals surface area contributed by atoms with Gasteiger partial charge in [-0.05, 0) is 23.7 Å². The summed E-state index contributed by atoms with van der Waals surface area (Å²) in [6.45, 7) is 12.2. The normalized spacial score (nSPS) is 25.8. The highest BCUT2D eigenvalue weighted by Crippen LogP contribution is 2.35. The van der Waals surface area contributed by atoms with Crippen LogP contribution in [0.5, 0.6) is 0 Å². The second kappa shape index (κ2) is 6.62. The predicted molar refractivity (Wildman–Crippen MR) is 88.4 cm³/mol. The number of nitrogens with zero attached hydrogens (tertiary/aromatic N) is 2. The Morgan fingerprint density at radius 3 is 2.39 bits per heavy atom. The van der Waals surface area contributed by atoms with Gasteiger partial charge in [-0.25, -0.2) is 0 Å². The van der Waals surface area contributed by atoms with Gasteiger partial charge >= 0.3 is 0 Å². The Morgan fingerprint density at radius 1 is 1.26 bits per heavy atom. The van der Waals surface area contributed by atoms with E-state index >= 15 is 0 Å². The monoisotopic (exact) mass is 322 g/mol. The number of imide groups is 1. The zero-order chi connectivity index (χ0) is 17.4. The van der Waals surface area contributed by atoms with E-state index in [9.17, 15) is 14.4 Å². The van der Waals surface area contributed by atoms with Crippen molar-refractivity contribution in [3.63, 3.8) is 0 Å². The van der Waals surface area contributed by atoms with Crippen molar-refractivity contribution in [3.8, 4) is 0 Å². The fraction of sp³-hybridized carbons (Fsp3) is 0.833. The molecular weight excluding hydrogens is 292 g/mol. The molecule has 0 aromatic heterocycles. The molecule has 0 bridgehead atoms. The standard InChI is InChI=1S/C18H30N2O3/c1-12(2)13-6-8-19(11-13)15(21)7-9-20-16(22)10-14(17(20)23)18(3,4)5/h12-14H,6-11H2,1-5H3/t13-,14?/m1/s1. The summed E-state index contributed by atoms with van der Waals surface area (Å²) in [4.78, 5) is 40.0. The van der Waals surface area contributed by atoms with Crippen molar-refractivity contribution in [1.29, 1.82) is 0 Å². The van der Waals surface area contributed by atoms with Crippen LogP contribution in [0.25, 0.3) is 0 Å². The van der Waals surface area contributed by atoms with E-state index in [0.717, 1.165) is 19.5 Å². The number of amides is 3. The van der Waals surface area contributed by atoms with Crippen LogP contribution in [-0.2, 0) is 14.4 Å². The molecule has 0 aliphatic carbocycles. The molecule has 2 aliphatic rings. The van der Waals surface area contributed by atoms with Crippen LogP contribution in [-0.4, -0.2) is 47.2 Å². The lowest BCUT2D eigenvalue weighted by atomic mass is 9.80. The molecule has 1 unspecified atom stereocenters. The van der Waals surface area contributed by atoms with Gasteiger partial charge in [-0.15, -0.1) is 0 Å². The molecule has 0 aromatic carbocycles. The summed E-state index contributed by atoms with van der Waals surface area (Å²) in [7, 11) is 0. The minimum Gasteiger partial charge on any atom is -0.342 e. The van der Waals surface area contributed by atoms with Crippen molar-refractivity contribution in [2.24, 2.45) is 23.2 Å². The summed E-state index contributed by atoms with van der Waals surface area (Å²) in [5.74, 6) is 0.706. The van der Waals surface area contributed by atoms with E-state index < -0.39 is 0 Å². The molecule has 0 N–H and O–H groups in total. The lowest BCUT2D eigenvalue weighted by Crippen LogP contribution is -2.38. The Hall–Kier alpha value is -1.39. The first-order chi connectivity index (χ1) is 10.6. The topological polar surface area (TPSA) is 57.7 Å². The first-order valence-electron chi connectivity index (χ1n) is 8.73. The maximum absolute atomic E-state index is 12.4. The molecule has 2 aliphatic heterocycles. The number of carbonyl (C=O) groups is 3. The van der Waals surface area contributed by atoms with Crippen molar-refractivity contribution in [2.75, 3.05) is 19.6 Å². The average molecular weight is 322 g/mol. The molecule has 0 radical (unpaired) electrons. The Morgan fingerprint density at radius 2 is 1.91 bits per heavy atom. The van der Waals surface area contributed by atoms with Crippen LogP contribution in [0.1, 0.15) is 53.9 Å². The van der Waals surface area contributed by atoms with Crippen LogP contribution in [0.2, 0.25) is 0 Å². The van der Waals surface area contributed by atoms with Crippen molar-refractivity contribution in [1.82, 2.24) is 9.80 Å². The van der Waals surface area contributed by atoms with E-state index in [4.69, 9.17) is 0 Å². The summed E-state index contributed by atoms with van der Waals surface area (Å²) in [5.41, 5.74) is -0.217. The third-order valence-electron chi connectivity index (χ3n) is 5.36. The molecule has 0 saturated carbocycles. The third-order valence-corrected chi connectivity index (χ3v) is 5.36. The molecular formula is C18H30N2O3. The van der Waals surface area contributed by atoms with Crippen molar-refractivity contribution < 1.29 is 14.4 Å². The number of hydrogen-bond donors (Lipinski definition) is 0. The maximum Gasteiger partial charge on any atom is 0.233 e. The van der Waals surface area contributed by atoms with Crippen LogP contribution in [0.3, 0.4) is 0 Å². The second-order valence-corrected chi connectivity index (χ2v) is 8.39. The van der Waals surface area contributed by atoms with E-state index in [1.54, 1.807) is 0 Å². The highest BCUT2D eigenvalue weighted by molar-refractivity contribution is 6.04. The van der Waals surface area contributed by atoms with Crippen LogP contribution >= 0.6 is 0 Å². The molecule has 23 heavy (non-hydrogen) atoms. The summed E-state index contributed by atoms with van der Waals surface area (Å²) in [5, 5.41) is 0. The van der Waals surface area contributed by atoms with E-state index in [2.05, 4.69) is 13.8 Å². The second-order valence-electron chi connectivity index (χ2n) is 8.39. The van der Waals surface area contributed by atoms with Gasteiger partial charge < -0.3 is 4.90 Å². The molecule has 5 heteroatoms. The molecule has 2 saturated heterocycles. The predicted octanol–water partition coefficient (Wildman–Crippen LogP) is 2.30. The third kappa shape index (κ3) is 3.93. The Kier molecular flexibility index (Phi) is 5.17. The summed E-state index contributed by atoms with van der Waals surface area (Å²) >= 11 is 0. The Labute approximate surface area is 139 Å². The van der Waals surface area contributed by atoms with Gasteiger partial charge in [0.2, 0.25) is 17.7 Å². The molecule has 0 aromatic rings. The Bertz CT molecular complexity index is 493. The van der Waals surface area contributed by atoms with Gasteiger partial charge in [-0.1, -0.05) is 34.6 Å². The minimum absolute atomic E-state index is 0.0629. The van der Waals surface area contributed by atoms with E-state index in [-0.39, 0.29) is 48.4 Å². The molecule has 5 nitrogen and oxygen atoms in total. The lowest BCUT2D eigenvalue weighted by Gasteiger charge is -2.25. The van der Waals surface area contributed by atoms with Crippen molar-refractivity contribution in [2.45, 2.75) is 53.9 Å². The smallest absolute Gasteiger partial charge is 0.233 e. The minimum atomic E-state index is -0.262. The highest BCUT2D eigenvalue weighted by atomic mass is 16.2. The van der Waals surface area contributed by atoms with E-state index in [0.29, 0.717) is 11.8 Å². The molecule has 2 heterocycles. The van der Waals surface area contributed by atoms with E-state index in [1.807, 2.05) is 25.7 Å². The quantitative estimate of drug-likeness (QED) is 0.746. The summed E-state index contributed by atoms with van der Waals surface area (Å²) in [6, 6.07) is 0. The number of likely N-dealkylation sites (tertiary alicyclic amines) is 2. The summed E-state index contributed by atoms with van der Waals surface area (Å²) in [6.07, 6.45) is 1.58. The summed E-state index contributed by atoms with van der Waals surface area (Å²) < 4.78 is 0. The van der Waals surface area contributed by atoms with Crippen LogP contribution < -0.4 is 0 Å². The van der Waals surface area contributed by atoms with Gasteiger partial charge in [-0.3, -0.25) is 19.3 Å². The van der Waals surface area contributed by atoms with Gasteiger partial charge in [0.15, 0.2) is 0 Å². The van der Waals surface area contributed by atoms with Crippen molar-refractivity contribution in [3.05, 3.63) is 0 Å². The van der Waals surface area contributed by atoms with Gasteiger partial charge in [0.05, 0.1) is 5.92 Å². The number of hydrogen-bond acceptors (Lipinski definition) is 3. The maximum atomic E-state index is 12.4. The molecule has 2 fully saturated rings. The van der Waals surface area contributed by atoms with Crippen LogP contribution in [0.15, 0.2) is 0 Å². The van der Waals surface area contributed by atoms with Gasteiger partial charge in [-0.2, -0.15) is 0 Å². The van der Waals surface area contributed by atoms with Crippen LogP contribution in [0, 0.1) is 23.2 Å². The van der Waals surface area contributed by atoms with Gasteiger partial charge in [0, 0.05) is 32.5 Å². The molecule has 2 atom stereocenters. The number of rotatable bonds is 4. The van der Waals surface area contributed by atoms with Gasteiger partial charge in [0.1, 0.15) is 0 Å². The van der Waals surface area contributed by atoms with E-state index in [1.165, 1.54) is 4.90 Å². The lowest BCUT2D eigenvalue weighted by molar-refractivity contribution is -0.141. The highest BCUT2D eigenvalue weighted by Gasteiger charge is 2.44. The molecule has 0 spiro atoms. The zero-order valence-corrected chi connectivity index (χ0v) is 15.1. The first kappa shape index (κ1) is 18.0. The molecule has 3 amide bonds. The molecule has 2 rings (SSSR count). The largest absolute Gasteiger partial charge is 0.342 e. The average Bonchev–Trinajstić information content (AvgIpc) is 3.02. The van der Waals surface area contributed by atoms with Crippen LogP contribution in [0.4, 0.5) is 0 Å². The van der Waals surface area contributed by atoms with Crippen molar-refractivity contribution >= 4 is 17.7 Å². The first-order valence-corrected chi connectivity index (χ1v) is 8.73. The SMILES string of the molecule is CC(C)[C@@H]1CCN(C(=O)CCN2C(=O)CC(C(C)(C)C)C2=O)C1. The fourth-order valence-electron chi connectivity index (χ4n) is 3.52. The zero-order valence-electron chi connectivity index (χ0n) is 15.1. The number of carbonyl (C=O) groups excluding carboxylic acids is 3. The molecule has 130 valence electrons. The van der Waals surface area contributed by atoms with Gasteiger partial charge in [0.25, 0.3) is 0 Å². The Balaban J connectivity index is 1.88.